The fourth-order valence-electron chi connectivity index (χ4n) is 8.66. The highest BCUT2D eigenvalue weighted by molar-refractivity contribution is 4.97. The molecule has 0 aromatic rings. The van der Waals surface area contributed by atoms with Gasteiger partial charge in [0, 0.05) is 25.5 Å². The Balaban J connectivity index is 2.10. The van der Waals surface area contributed by atoms with Gasteiger partial charge in [0.2, 0.25) is 0 Å². The standard InChI is InChI=1S/C50H100N2/c1-4-7-10-13-16-18-20-22-24-26-28-30-32-34-37-40-43-46-51-48-49-52(50(51)45-42-39-36-15-12-9-6-3)47-44-41-38-35-33-31-29-27-25-23-21-19-17-14-11-8-5-2/h48-50H,4-47H2,1-3H3. The molecule has 2 nitrogen and oxygen atoms in total. The van der Waals surface area contributed by atoms with Gasteiger partial charge in [0.15, 0.2) is 0 Å². The van der Waals surface area contributed by atoms with Crippen molar-refractivity contribution in [2.45, 2.75) is 297 Å². The van der Waals surface area contributed by atoms with Crippen molar-refractivity contribution in [3.05, 3.63) is 12.4 Å². The maximum absolute atomic E-state index is 2.73. The highest BCUT2D eigenvalue weighted by Gasteiger charge is 2.24. The van der Waals surface area contributed by atoms with Crippen LogP contribution in [-0.2, 0) is 0 Å². The molecular weight excluding hydrogens is 629 g/mol. The molecule has 0 aromatic heterocycles. The zero-order valence-electron chi connectivity index (χ0n) is 36.7. The van der Waals surface area contributed by atoms with Crippen LogP contribution in [0.3, 0.4) is 0 Å². The van der Waals surface area contributed by atoms with E-state index in [0.29, 0.717) is 6.17 Å². The van der Waals surface area contributed by atoms with Gasteiger partial charge in [-0.3, -0.25) is 0 Å². The number of hydrogen-bond donors (Lipinski definition) is 0. The first-order valence-electron chi connectivity index (χ1n) is 25.0. The molecule has 0 unspecified atom stereocenters. The van der Waals surface area contributed by atoms with Gasteiger partial charge in [0.1, 0.15) is 6.17 Å². The van der Waals surface area contributed by atoms with E-state index in [9.17, 15) is 0 Å². The molecule has 310 valence electrons. The van der Waals surface area contributed by atoms with Crippen molar-refractivity contribution in [1.29, 1.82) is 0 Å². The molecule has 1 heterocycles. The van der Waals surface area contributed by atoms with Crippen LogP contribution in [0.5, 0.6) is 0 Å². The number of hydrogen-bond acceptors (Lipinski definition) is 2. The Morgan fingerprint density at radius 3 is 0.673 bits per heavy atom. The average Bonchev–Trinajstić information content (AvgIpc) is 3.54. The maximum Gasteiger partial charge on any atom is 0.101 e. The minimum Gasteiger partial charge on any atom is -0.356 e. The fraction of sp³-hybridized carbons (Fsp3) is 0.960. The summed E-state index contributed by atoms with van der Waals surface area (Å²) in [6.45, 7) is 9.50. The molecule has 0 fully saturated rings. The van der Waals surface area contributed by atoms with Crippen LogP contribution < -0.4 is 0 Å². The summed E-state index contributed by atoms with van der Waals surface area (Å²) >= 11 is 0. The molecule has 0 amide bonds. The lowest BCUT2D eigenvalue weighted by Gasteiger charge is -2.33. The van der Waals surface area contributed by atoms with Crippen LogP contribution in [0, 0.1) is 0 Å². The first-order chi connectivity index (χ1) is 25.8. The monoisotopic (exact) mass is 729 g/mol. The number of nitrogens with zero attached hydrogens (tertiary/aromatic N) is 2. The summed E-state index contributed by atoms with van der Waals surface area (Å²) in [4.78, 5) is 5.46. The van der Waals surface area contributed by atoms with Crippen molar-refractivity contribution in [3.8, 4) is 0 Å². The highest BCUT2D eigenvalue weighted by atomic mass is 15.4. The summed E-state index contributed by atoms with van der Waals surface area (Å²) in [5.74, 6) is 0. The molecule has 0 aromatic carbocycles. The molecule has 0 spiro atoms. The molecule has 0 bridgehead atoms. The van der Waals surface area contributed by atoms with Crippen LogP contribution in [-0.4, -0.2) is 29.1 Å². The lowest BCUT2D eigenvalue weighted by atomic mass is 10.0. The van der Waals surface area contributed by atoms with E-state index >= 15 is 0 Å². The minimum absolute atomic E-state index is 0.637. The Labute approximate surface area is 330 Å². The van der Waals surface area contributed by atoms with Crippen LogP contribution in [0.25, 0.3) is 0 Å². The first kappa shape index (κ1) is 49.4. The Kier molecular flexibility index (Phi) is 39.4. The zero-order chi connectivity index (χ0) is 37.3. The second-order valence-electron chi connectivity index (χ2n) is 17.5. The molecule has 2 heteroatoms. The maximum atomic E-state index is 2.73. The van der Waals surface area contributed by atoms with Gasteiger partial charge >= 0.3 is 0 Å². The molecule has 0 N–H and O–H groups in total. The third-order valence-electron chi connectivity index (χ3n) is 12.3. The van der Waals surface area contributed by atoms with Gasteiger partial charge in [-0.25, -0.2) is 0 Å². The lowest BCUT2D eigenvalue weighted by molar-refractivity contribution is 0.135. The Morgan fingerprint density at radius 1 is 0.250 bits per heavy atom. The van der Waals surface area contributed by atoms with Gasteiger partial charge in [0.05, 0.1) is 0 Å². The molecular formula is C50H100N2. The molecule has 0 atom stereocenters. The topological polar surface area (TPSA) is 6.48 Å². The van der Waals surface area contributed by atoms with Gasteiger partial charge in [-0.05, 0) is 25.7 Å². The highest BCUT2D eigenvalue weighted by Crippen LogP contribution is 2.24. The Hall–Kier alpha value is -0.660. The van der Waals surface area contributed by atoms with Crippen molar-refractivity contribution < 1.29 is 0 Å². The lowest BCUT2D eigenvalue weighted by Crippen LogP contribution is -2.39. The van der Waals surface area contributed by atoms with Crippen molar-refractivity contribution in [2.75, 3.05) is 13.1 Å². The third-order valence-corrected chi connectivity index (χ3v) is 12.3. The van der Waals surface area contributed by atoms with Gasteiger partial charge < -0.3 is 9.80 Å². The van der Waals surface area contributed by atoms with E-state index < -0.39 is 0 Å². The predicted octanol–water partition coefficient (Wildman–Crippen LogP) is 17.8. The summed E-state index contributed by atoms with van der Waals surface area (Å²) < 4.78 is 0. The molecule has 0 saturated heterocycles. The molecule has 0 saturated carbocycles. The van der Waals surface area contributed by atoms with Crippen LogP contribution >= 0.6 is 0 Å². The first-order valence-corrected chi connectivity index (χ1v) is 25.0. The summed E-state index contributed by atoms with van der Waals surface area (Å²) in [6, 6.07) is 0. The van der Waals surface area contributed by atoms with E-state index in [0.717, 1.165) is 0 Å². The molecule has 1 aliphatic rings. The van der Waals surface area contributed by atoms with E-state index in [4.69, 9.17) is 0 Å². The largest absolute Gasteiger partial charge is 0.356 e. The van der Waals surface area contributed by atoms with Crippen LogP contribution in [0.2, 0.25) is 0 Å². The molecule has 1 rings (SSSR count). The Bertz CT molecular complexity index is 640. The fourth-order valence-corrected chi connectivity index (χ4v) is 8.66. The SMILES string of the molecule is CCCCCCCCCCCCCCCCCCCN1C=CN(CCCCCCCCCCCCCCCCCCC)C1CCCCCCCCC. The predicted molar refractivity (Wildman–Crippen MR) is 237 cm³/mol. The number of unbranched alkanes of at least 4 members (excludes halogenated alkanes) is 38. The van der Waals surface area contributed by atoms with E-state index in [-0.39, 0.29) is 0 Å². The van der Waals surface area contributed by atoms with Gasteiger partial charge in [-0.2, -0.15) is 0 Å². The Morgan fingerprint density at radius 2 is 0.442 bits per heavy atom. The summed E-state index contributed by atoms with van der Waals surface area (Å²) in [7, 11) is 0. The zero-order valence-corrected chi connectivity index (χ0v) is 36.7. The van der Waals surface area contributed by atoms with E-state index in [1.807, 2.05) is 0 Å². The molecule has 1 aliphatic heterocycles. The van der Waals surface area contributed by atoms with Crippen LogP contribution in [0.4, 0.5) is 0 Å². The van der Waals surface area contributed by atoms with E-state index in [1.165, 1.54) is 283 Å². The molecule has 52 heavy (non-hydrogen) atoms. The third kappa shape index (κ3) is 32.7. The second-order valence-corrected chi connectivity index (χ2v) is 17.5. The quantitative estimate of drug-likeness (QED) is 0.0576. The summed E-state index contributed by atoms with van der Waals surface area (Å²) in [6.07, 6.45) is 66.4. The minimum atomic E-state index is 0.637. The van der Waals surface area contributed by atoms with Crippen molar-refractivity contribution >= 4 is 0 Å². The van der Waals surface area contributed by atoms with E-state index in [2.05, 4.69) is 43.0 Å². The summed E-state index contributed by atoms with van der Waals surface area (Å²) in [5, 5.41) is 0. The van der Waals surface area contributed by atoms with E-state index in [1.54, 1.807) is 0 Å². The second kappa shape index (κ2) is 41.5. The number of rotatable bonds is 44. The smallest absolute Gasteiger partial charge is 0.101 e. The average molecular weight is 729 g/mol. The van der Waals surface area contributed by atoms with Crippen molar-refractivity contribution in [1.82, 2.24) is 9.80 Å². The van der Waals surface area contributed by atoms with Gasteiger partial charge in [-0.15, -0.1) is 0 Å². The van der Waals surface area contributed by atoms with Crippen molar-refractivity contribution in [2.24, 2.45) is 0 Å². The van der Waals surface area contributed by atoms with Crippen LogP contribution in [0.1, 0.15) is 290 Å². The summed E-state index contributed by atoms with van der Waals surface area (Å²) in [5.41, 5.74) is 0. The van der Waals surface area contributed by atoms with Gasteiger partial charge in [-0.1, -0.05) is 265 Å². The normalized spacial score (nSPS) is 13.4. The molecule has 0 aliphatic carbocycles. The van der Waals surface area contributed by atoms with Crippen molar-refractivity contribution in [3.63, 3.8) is 0 Å². The molecule has 0 radical (unpaired) electrons. The van der Waals surface area contributed by atoms with Gasteiger partial charge in [0.25, 0.3) is 0 Å². The van der Waals surface area contributed by atoms with Crippen LogP contribution in [0.15, 0.2) is 12.4 Å².